The number of nitrogens with zero attached hydrogens (tertiary/aromatic N) is 4. The number of benzene rings is 6. The number of carbonyl (C=O) groups excluding carboxylic acids is 2. The summed E-state index contributed by atoms with van der Waals surface area (Å²) in [6.45, 7) is 6.10. The summed E-state index contributed by atoms with van der Waals surface area (Å²) in [6, 6.07) is 27.4. The van der Waals surface area contributed by atoms with E-state index in [1.54, 1.807) is 42.5 Å². The summed E-state index contributed by atoms with van der Waals surface area (Å²) in [6.07, 6.45) is 1.18. The second-order valence-corrected chi connectivity index (χ2v) is 14.9. The van der Waals surface area contributed by atoms with Crippen LogP contribution in [-0.2, 0) is 25.9 Å². The maximum atomic E-state index is 13.2. The van der Waals surface area contributed by atoms with E-state index in [1.807, 2.05) is 19.9 Å². The van der Waals surface area contributed by atoms with E-state index in [-0.39, 0.29) is 43.9 Å². The fourth-order valence-corrected chi connectivity index (χ4v) is 8.08. The number of hydrogen-bond donors (Lipinski definition) is 1. The molecule has 0 aromatic heterocycles. The maximum Gasteiger partial charge on any atom is 0.274 e. The highest BCUT2D eigenvalue weighted by molar-refractivity contribution is 6.11. The zero-order chi connectivity index (χ0) is 43.5. The van der Waals surface area contributed by atoms with Crippen molar-refractivity contribution in [2.45, 2.75) is 39.8 Å². The summed E-state index contributed by atoms with van der Waals surface area (Å²) in [7, 11) is 1.50. The van der Waals surface area contributed by atoms with Crippen LogP contribution in [0.25, 0.3) is 0 Å². The summed E-state index contributed by atoms with van der Waals surface area (Å²) in [5.41, 5.74) is 8.25. The number of ketones is 2. The number of rotatable bonds is 11. The van der Waals surface area contributed by atoms with Gasteiger partial charge in [0.05, 0.1) is 50.6 Å². The fourth-order valence-electron chi connectivity index (χ4n) is 8.08. The van der Waals surface area contributed by atoms with E-state index < -0.39 is 17.4 Å². The lowest BCUT2D eigenvalue weighted by Gasteiger charge is -2.22. The van der Waals surface area contributed by atoms with Crippen molar-refractivity contribution in [3.63, 3.8) is 0 Å². The minimum Gasteiger partial charge on any atom is -0.507 e. The molecule has 0 saturated carbocycles. The van der Waals surface area contributed by atoms with Crippen molar-refractivity contribution in [3.8, 4) is 11.5 Å². The van der Waals surface area contributed by atoms with Crippen LogP contribution in [0.15, 0.2) is 109 Å². The summed E-state index contributed by atoms with van der Waals surface area (Å²) < 4.78 is 31.8. The number of fused-ring (bicyclic) bond motifs is 2. The summed E-state index contributed by atoms with van der Waals surface area (Å²) in [4.78, 5) is 52.0. The molecule has 0 saturated heterocycles. The Labute approximate surface area is 349 Å². The van der Waals surface area contributed by atoms with Crippen molar-refractivity contribution in [1.82, 2.24) is 0 Å². The van der Waals surface area contributed by atoms with Gasteiger partial charge in [0.1, 0.15) is 23.1 Å². The van der Waals surface area contributed by atoms with Crippen LogP contribution < -0.4 is 14.5 Å². The SMILES string of the molecule is COc1ccc(CN2CCc3c([N+](=O)[O-])ccc(C)c32)cc1C(=O)c1ccc(F)cc1.Cc1ccc([N+](=O)[O-])c2c1N(Cc1ccc(O)c(C(=O)c3ccc(F)cc3)c1)CC2. The number of halogens is 2. The lowest BCUT2D eigenvalue weighted by atomic mass is 10.00. The van der Waals surface area contributed by atoms with Crippen LogP contribution in [0.2, 0.25) is 0 Å². The standard InChI is InChI=1S/C24H21FN2O4.C23H19FN2O4/c1-15-3-9-21(27(29)30)19-11-12-26(23(15)19)14-16-4-10-22(31-2)20(13-16)24(28)17-5-7-18(25)8-6-17;1-14-2-8-20(26(29)30)18-10-11-25(22(14)18)13-15-3-9-21(27)19(12-15)23(28)16-4-6-17(24)7-5-16/h3-10,13H,11-12,14H2,1-2H3;2-9,12,27H,10-11,13H2,1H3. The van der Waals surface area contributed by atoms with E-state index >= 15 is 0 Å². The Morgan fingerprint density at radius 1 is 0.639 bits per heavy atom. The molecule has 2 aliphatic heterocycles. The van der Waals surface area contributed by atoms with Gasteiger partial charge in [0.25, 0.3) is 11.4 Å². The van der Waals surface area contributed by atoms with Crippen LogP contribution in [0.4, 0.5) is 31.5 Å². The second kappa shape index (κ2) is 17.4. The molecular formula is C47H40F2N4O8. The lowest BCUT2D eigenvalue weighted by molar-refractivity contribution is -0.385. The number of hydrogen-bond acceptors (Lipinski definition) is 10. The third kappa shape index (κ3) is 8.65. The average molecular weight is 827 g/mol. The van der Waals surface area contributed by atoms with E-state index in [4.69, 9.17) is 4.74 Å². The predicted octanol–water partition coefficient (Wildman–Crippen LogP) is 9.39. The minimum absolute atomic E-state index is 0.121. The predicted molar refractivity (Wildman–Crippen MR) is 226 cm³/mol. The monoisotopic (exact) mass is 826 g/mol. The minimum atomic E-state index is -0.443. The van der Waals surface area contributed by atoms with Crippen LogP contribution in [0.1, 0.15) is 65.2 Å². The quantitative estimate of drug-likeness (QED) is 0.0759. The van der Waals surface area contributed by atoms with Gasteiger partial charge < -0.3 is 19.6 Å². The molecule has 0 radical (unpaired) electrons. The Morgan fingerprint density at radius 3 is 1.51 bits per heavy atom. The van der Waals surface area contributed by atoms with Crippen molar-refractivity contribution in [2.24, 2.45) is 0 Å². The maximum absolute atomic E-state index is 13.2. The first-order chi connectivity index (χ1) is 29.2. The van der Waals surface area contributed by atoms with E-state index in [0.29, 0.717) is 55.9 Å². The molecule has 61 heavy (non-hydrogen) atoms. The first-order valence-electron chi connectivity index (χ1n) is 19.4. The zero-order valence-electron chi connectivity index (χ0n) is 33.5. The molecule has 310 valence electrons. The van der Waals surface area contributed by atoms with Crippen LogP contribution in [0, 0.1) is 45.7 Å². The van der Waals surface area contributed by atoms with Gasteiger partial charge in [0, 0.05) is 49.4 Å². The number of anilines is 2. The molecule has 0 aliphatic carbocycles. The molecule has 0 bridgehead atoms. The molecule has 0 atom stereocenters. The Morgan fingerprint density at radius 2 is 1.07 bits per heavy atom. The van der Waals surface area contributed by atoms with Crippen LogP contribution in [-0.4, -0.2) is 46.7 Å². The van der Waals surface area contributed by atoms with Gasteiger partial charge in [0.2, 0.25) is 0 Å². The van der Waals surface area contributed by atoms with Crippen molar-refractivity contribution in [3.05, 3.63) is 197 Å². The average Bonchev–Trinajstić information content (AvgIpc) is 3.87. The topological polar surface area (TPSA) is 156 Å². The van der Waals surface area contributed by atoms with Gasteiger partial charge in [-0.2, -0.15) is 0 Å². The number of ether oxygens (including phenoxy) is 1. The third-order valence-corrected chi connectivity index (χ3v) is 11.0. The van der Waals surface area contributed by atoms with Gasteiger partial charge in [-0.05, 0) is 122 Å². The molecule has 0 unspecified atom stereocenters. The molecule has 0 spiro atoms. The van der Waals surface area contributed by atoms with E-state index in [1.165, 1.54) is 67.8 Å². The Balaban J connectivity index is 0.000000184. The van der Waals surface area contributed by atoms with E-state index in [9.17, 15) is 43.7 Å². The Kier molecular flexibility index (Phi) is 11.9. The third-order valence-electron chi connectivity index (χ3n) is 11.0. The molecule has 2 heterocycles. The molecule has 6 aromatic rings. The van der Waals surface area contributed by atoms with Gasteiger partial charge in [-0.1, -0.05) is 24.3 Å². The van der Waals surface area contributed by atoms with Gasteiger partial charge in [-0.3, -0.25) is 29.8 Å². The first kappa shape index (κ1) is 41.7. The molecule has 8 rings (SSSR count). The molecule has 2 aliphatic rings. The zero-order valence-corrected chi connectivity index (χ0v) is 33.5. The summed E-state index contributed by atoms with van der Waals surface area (Å²) in [5, 5.41) is 32.9. The number of nitro benzene ring substituents is 2. The number of methoxy groups -OCH3 is 1. The Bertz CT molecular complexity index is 2700. The number of phenols is 1. The summed E-state index contributed by atoms with van der Waals surface area (Å²) in [5.74, 6) is -1.22. The van der Waals surface area contributed by atoms with Gasteiger partial charge in [-0.25, -0.2) is 8.78 Å². The number of aryl methyl sites for hydroxylation is 2. The largest absolute Gasteiger partial charge is 0.507 e. The smallest absolute Gasteiger partial charge is 0.274 e. The van der Waals surface area contributed by atoms with Gasteiger partial charge >= 0.3 is 0 Å². The fraction of sp³-hybridized carbons (Fsp3) is 0.191. The van der Waals surface area contributed by atoms with Crippen molar-refractivity contribution >= 4 is 34.3 Å². The highest BCUT2D eigenvalue weighted by Crippen LogP contribution is 2.40. The number of nitro groups is 2. The number of aromatic hydroxyl groups is 1. The number of phenolic OH excluding ortho intramolecular Hbond substituents is 1. The van der Waals surface area contributed by atoms with Crippen LogP contribution in [0.3, 0.4) is 0 Å². The second-order valence-electron chi connectivity index (χ2n) is 14.9. The van der Waals surface area contributed by atoms with E-state index in [0.717, 1.165) is 44.8 Å². The molecule has 1 N–H and O–H groups in total. The highest BCUT2D eigenvalue weighted by Gasteiger charge is 2.30. The van der Waals surface area contributed by atoms with Gasteiger partial charge in [-0.15, -0.1) is 0 Å². The van der Waals surface area contributed by atoms with Crippen molar-refractivity contribution in [2.75, 3.05) is 30.0 Å². The molecule has 6 aromatic carbocycles. The van der Waals surface area contributed by atoms with Crippen molar-refractivity contribution in [1.29, 1.82) is 0 Å². The van der Waals surface area contributed by atoms with Crippen molar-refractivity contribution < 1.29 is 38.1 Å². The van der Waals surface area contributed by atoms with Crippen LogP contribution >= 0.6 is 0 Å². The molecule has 0 amide bonds. The Hall–Kier alpha value is -7.48. The molecule has 0 fully saturated rings. The normalized spacial score (nSPS) is 12.6. The number of carbonyl (C=O) groups is 2. The summed E-state index contributed by atoms with van der Waals surface area (Å²) >= 11 is 0. The van der Waals surface area contributed by atoms with E-state index in [2.05, 4.69) is 9.80 Å². The lowest BCUT2D eigenvalue weighted by Crippen LogP contribution is -2.20. The first-order valence-corrected chi connectivity index (χ1v) is 19.4. The molecule has 12 nitrogen and oxygen atoms in total. The van der Waals surface area contributed by atoms with Crippen LogP contribution in [0.5, 0.6) is 11.5 Å². The molecule has 14 heteroatoms. The molecular weight excluding hydrogens is 787 g/mol. The van der Waals surface area contributed by atoms with Gasteiger partial charge in [0.15, 0.2) is 11.6 Å². The highest BCUT2D eigenvalue weighted by atomic mass is 19.1.